The minimum Gasteiger partial charge on any atom is -0.481 e. The van der Waals surface area contributed by atoms with Crippen LogP contribution in [0.5, 0.6) is 11.8 Å². The fraction of sp³-hybridized carbons (Fsp3) is 0.182. The van der Waals surface area contributed by atoms with Gasteiger partial charge in [0.1, 0.15) is 12.1 Å². The smallest absolute Gasteiger partial charge is 0.233 e. The number of hydrogen-bond donors (Lipinski definition) is 2. The zero-order chi connectivity index (χ0) is 20.9. The molecule has 0 amide bonds. The van der Waals surface area contributed by atoms with Gasteiger partial charge in [0.2, 0.25) is 11.8 Å². The van der Waals surface area contributed by atoms with E-state index in [9.17, 15) is 4.79 Å². The number of nitrogens with zero attached hydrogens (tertiary/aromatic N) is 3. The van der Waals surface area contributed by atoms with E-state index in [4.69, 9.17) is 9.47 Å². The zero-order valence-corrected chi connectivity index (χ0v) is 16.6. The zero-order valence-electron chi connectivity index (χ0n) is 16.6. The highest BCUT2D eigenvalue weighted by molar-refractivity contribution is 5.87. The highest BCUT2D eigenvalue weighted by Gasteiger charge is 2.28. The molecule has 0 aliphatic rings. The van der Waals surface area contributed by atoms with E-state index in [2.05, 4.69) is 25.3 Å². The van der Waals surface area contributed by atoms with Crippen LogP contribution in [0.2, 0.25) is 0 Å². The Morgan fingerprint density at radius 2 is 1.87 bits per heavy atom. The summed E-state index contributed by atoms with van der Waals surface area (Å²) in [6.07, 6.45) is 7.60. The van der Waals surface area contributed by atoms with Crippen molar-refractivity contribution >= 4 is 23.0 Å². The second kappa shape index (κ2) is 8.60. The van der Waals surface area contributed by atoms with Gasteiger partial charge in [-0.25, -0.2) is 4.98 Å². The first-order chi connectivity index (χ1) is 14.7. The third kappa shape index (κ3) is 3.80. The number of carbonyl (C=O) groups excluding carboxylic acids is 1. The molecule has 0 fully saturated rings. The number of hydrogen-bond acceptors (Lipinski definition) is 7. The predicted octanol–water partition coefficient (Wildman–Crippen LogP) is 3.51. The summed E-state index contributed by atoms with van der Waals surface area (Å²) in [6.45, 7) is 0. The number of aldehydes is 1. The number of rotatable bonds is 8. The lowest BCUT2D eigenvalue weighted by Crippen LogP contribution is -2.21. The van der Waals surface area contributed by atoms with E-state index in [1.807, 2.05) is 36.5 Å². The molecule has 0 bridgehead atoms. The van der Waals surface area contributed by atoms with Gasteiger partial charge in [0.05, 0.1) is 38.6 Å². The standard InChI is InChI=1S/C22H21N5O3/c1-29-20-8-7-14(9-25-20)22(27-19-11-23-12-21(26-19)30-2)17(13-28)16-10-24-18-6-4-3-5-15(16)18/h3-13,17,22,24H,1-2H3,(H,26,27). The molecule has 2 atom stereocenters. The summed E-state index contributed by atoms with van der Waals surface area (Å²) < 4.78 is 10.3. The molecule has 0 spiro atoms. The van der Waals surface area contributed by atoms with Crippen molar-refractivity contribution in [2.75, 3.05) is 19.5 Å². The van der Waals surface area contributed by atoms with Crippen LogP contribution in [0.25, 0.3) is 10.9 Å². The number of carbonyl (C=O) groups is 1. The highest BCUT2D eigenvalue weighted by Crippen LogP contribution is 2.36. The fourth-order valence-corrected chi connectivity index (χ4v) is 3.45. The minimum atomic E-state index is -0.510. The van der Waals surface area contributed by atoms with E-state index in [0.29, 0.717) is 17.6 Å². The van der Waals surface area contributed by atoms with Crippen molar-refractivity contribution in [3.8, 4) is 11.8 Å². The summed E-state index contributed by atoms with van der Waals surface area (Å²) in [4.78, 5) is 28.4. The largest absolute Gasteiger partial charge is 0.481 e. The number of H-pyrrole nitrogens is 1. The Morgan fingerprint density at radius 3 is 2.60 bits per heavy atom. The predicted molar refractivity (Wildman–Crippen MR) is 113 cm³/mol. The monoisotopic (exact) mass is 403 g/mol. The van der Waals surface area contributed by atoms with Crippen LogP contribution in [0.3, 0.4) is 0 Å². The molecule has 3 aromatic heterocycles. The van der Waals surface area contributed by atoms with Crippen LogP contribution in [0.1, 0.15) is 23.1 Å². The number of methoxy groups -OCH3 is 2. The number of aromatic nitrogens is 4. The van der Waals surface area contributed by atoms with Gasteiger partial charge in [-0.15, -0.1) is 0 Å². The van der Waals surface area contributed by atoms with E-state index in [0.717, 1.165) is 28.3 Å². The maximum atomic E-state index is 12.3. The summed E-state index contributed by atoms with van der Waals surface area (Å²) in [5.41, 5.74) is 2.65. The summed E-state index contributed by atoms with van der Waals surface area (Å²) in [5.74, 6) is 0.848. The van der Waals surface area contributed by atoms with Crippen LogP contribution in [-0.2, 0) is 4.79 Å². The van der Waals surface area contributed by atoms with E-state index in [1.54, 1.807) is 25.6 Å². The van der Waals surface area contributed by atoms with E-state index in [-0.39, 0.29) is 0 Å². The number of pyridine rings is 1. The molecular weight excluding hydrogens is 382 g/mol. The average molecular weight is 403 g/mol. The van der Waals surface area contributed by atoms with Crippen LogP contribution >= 0.6 is 0 Å². The van der Waals surface area contributed by atoms with Crippen LogP contribution in [0, 0.1) is 0 Å². The Balaban J connectivity index is 1.78. The van der Waals surface area contributed by atoms with Crippen LogP contribution in [0.15, 0.2) is 61.2 Å². The average Bonchev–Trinajstić information content (AvgIpc) is 3.23. The molecule has 0 saturated carbocycles. The minimum absolute atomic E-state index is 0.376. The van der Waals surface area contributed by atoms with Gasteiger partial charge < -0.3 is 24.6 Å². The van der Waals surface area contributed by atoms with Crippen LogP contribution in [-0.4, -0.2) is 40.4 Å². The normalized spacial score (nSPS) is 12.9. The number of benzene rings is 1. The van der Waals surface area contributed by atoms with E-state index < -0.39 is 12.0 Å². The molecule has 4 aromatic rings. The number of ether oxygens (including phenoxy) is 2. The number of nitrogens with one attached hydrogen (secondary N) is 2. The molecule has 0 aliphatic heterocycles. The van der Waals surface area contributed by atoms with E-state index in [1.165, 1.54) is 13.3 Å². The maximum absolute atomic E-state index is 12.3. The first-order valence-electron chi connectivity index (χ1n) is 9.37. The lowest BCUT2D eigenvalue weighted by atomic mass is 9.88. The Hall–Kier alpha value is -3.94. The molecule has 3 heterocycles. The first-order valence-corrected chi connectivity index (χ1v) is 9.37. The molecule has 0 aliphatic carbocycles. The second-order valence-corrected chi connectivity index (χ2v) is 6.65. The topological polar surface area (TPSA) is 102 Å². The van der Waals surface area contributed by atoms with Crippen molar-refractivity contribution in [1.82, 2.24) is 19.9 Å². The van der Waals surface area contributed by atoms with Gasteiger partial charge in [-0.2, -0.15) is 4.98 Å². The SMILES string of the molecule is COc1ccc(C(Nc2cncc(OC)n2)C(C=O)c2c[nH]c3ccccc23)cn1. The van der Waals surface area contributed by atoms with Gasteiger partial charge in [-0.3, -0.25) is 4.98 Å². The molecule has 4 rings (SSSR count). The quantitative estimate of drug-likeness (QED) is 0.434. The fourth-order valence-electron chi connectivity index (χ4n) is 3.45. The summed E-state index contributed by atoms with van der Waals surface area (Å²) >= 11 is 0. The van der Waals surface area contributed by atoms with Crippen molar-refractivity contribution in [3.63, 3.8) is 0 Å². The summed E-state index contributed by atoms with van der Waals surface area (Å²) in [5, 5.41) is 4.32. The Kier molecular flexibility index (Phi) is 5.56. The number of anilines is 1. The van der Waals surface area contributed by atoms with Crippen molar-refractivity contribution in [3.05, 3.63) is 72.3 Å². The molecule has 1 aromatic carbocycles. The lowest BCUT2D eigenvalue weighted by molar-refractivity contribution is -0.109. The summed E-state index contributed by atoms with van der Waals surface area (Å²) in [6, 6.07) is 11.1. The van der Waals surface area contributed by atoms with Crippen molar-refractivity contribution in [2.45, 2.75) is 12.0 Å². The van der Waals surface area contributed by atoms with Crippen molar-refractivity contribution < 1.29 is 14.3 Å². The molecule has 8 heteroatoms. The highest BCUT2D eigenvalue weighted by atomic mass is 16.5. The summed E-state index contributed by atoms with van der Waals surface area (Å²) in [7, 11) is 3.09. The van der Waals surface area contributed by atoms with Gasteiger partial charge >= 0.3 is 0 Å². The van der Waals surface area contributed by atoms with Gasteiger partial charge in [0.15, 0.2) is 0 Å². The Morgan fingerprint density at radius 1 is 1.03 bits per heavy atom. The Bertz CT molecular complexity index is 1140. The number of para-hydroxylation sites is 1. The van der Waals surface area contributed by atoms with Crippen molar-refractivity contribution in [1.29, 1.82) is 0 Å². The third-order valence-electron chi connectivity index (χ3n) is 4.94. The van der Waals surface area contributed by atoms with E-state index >= 15 is 0 Å². The molecule has 2 unspecified atom stereocenters. The lowest BCUT2D eigenvalue weighted by Gasteiger charge is -2.25. The second-order valence-electron chi connectivity index (χ2n) is 6.65. The Labute approximate surface area is 173 Å². The number of fused-ring (bicyclic) bond motifs is 1. The molecule has 152 valence electrons. The van der Waals surface area contributed by atoms with Gasteiger partial charge in [-0.05, 0) is 17.2 Å². The van der Waals surface area contributed by atoms with Gasteiger partial charge in [-0.1, -0.05) is 24.3 Å². The van der Waals surface area contributed by atoms with Crippen LogP contribution in [0.4, 0.5) is 5.82 Å². The molecule has 0 saturated heterocycles. The molecule has 30 heavy (non-hydrogen) atoms. The molecular formula is C22H21N5O3. The number of aromatic amines is 1. The molecule has 8 nitrogen and oxygen atoms in total. The maximum Gasteiger partial charge on any atom is 0.233 e. The van der Waals surface area contributed by atoms with Gasteiger partial charge in [0, 0.05) is 29.4 Å². The van der Waals surface area contributed by atoms with Crippen molar-refractivity contribution in [2.24, 2.45) is 0 Å². The van der Waals surface area contributed by atoms with Crippen LogP contribution < -0.4 is 14.8 Å². The molecule has 0 radical (unpaired) electrons. The molecule has 2 N–H and O–H groups in total. The third-order valence-corrected chi connectivity index (χ3v) is 4.94. The van der Waals surface area contributed by atoms with Gasteiger partial charge in [0.25, 0.3) is 0 Å². The first kappa shape index (κ1) is 19.4.